The lowest BCUT2D eigenvalue weighted by molar-refractivity contribution is -0.139. The number of ether oxygens (including phenoxy) is 1. The van der Waals surface area contributed by atoms with Crippen LogP contribution >= 0.6 is 12.6 Å². The van der Waals surface area contributed by atoms with E-state index in [2.05, 4.69) is 17.4 Å². The summed E-state index contributed by atoms with van der Waals surface area (Å²) in [6, 6.07) is 4.46. The second kappa shape index (κ2) is 6.26. The third kappa shape index (κ3) is 3.12. The molecule has 0 aliphatic carbocycles. The van der Waals surface area contributed by atoms with Crippen LogP contribution in [0, 0.1) is 11.7 Å². The normalized spacial score (nSPS) is 18.4. The number of amides is 1. The molecule has 0 aromatic heterocycles. The molecular weight excluding hydrogens is 281 g/mol. The van der Waals surface area contributed by atoms with Gasteiger partial charge in [-0.2, -0.15) is 12.6 Å². The summed E-state index contributed by atoms with van der Waals surface area (Å²) in [6.07, 6.45) is 0.324. The van der Waals surface area contributed by atoms with E-state index in [-0.39, 0.29) is 23.8 Å². The maximum atomic E-state index is 13.9. The fraction of sp³-hybridized carbons (Fsp3) is 0.429. The van der Waals surface area contributed by atoms with Crippen molar-refractivity contribution in [2.45, 2.75) is 12.8 Å². The van der Waals surface area contributed by atoms with Gasteiger partial charge in [0.2, 0.25) is 5.91 Å². The summed E-state index contributed by atoms with van der Waals surface area (Å²) in [5, 5.41) is 0. The zero-order valence-electron chi connectivity index (χ0n) is 11.1. The maximum absolute atomic E-state index is 13.9. The second-order valence-electron chi connectivity index (χ2n) is 4.79. The molecule has 1 aromatic carbocycles. The Labute approximate surface area is 122 Å². The van der Waals surface area contributed by atoms with E-state index in [9.17, 15) is 14.0 Å². The molecule has 1 heterocycles. The molecule has 0 spiro atoms. The van der Waals surface area contributed by atoms with E-state index in [1.165, 1.54) is 19.2 Å². The first-order chi connectivity index (χ1) is 9.55. The van der Waals surface area contributed by atoms with Crippen LogP contribution in [-0.2, 0) is 20.7 Å². The van der Waals surface area contributed by atoms with Crippen LogP contribution in [0.4, 0.5) is 10.1 Å². The number of carbonyl (C=O) groups excluding carboxylic acids is 2. The molecule has 20 heavy (non-hydrogen) atoms. The zero-order chi connectivity index (χ0) is 14.7. The zero-order valence-corrected chi connectivity index (χ0v) is 12.0. The third-order valence-corrected chi connectivity index (χ3v) is 3.89. The first kappa shape index (κ1) is 14.8. The van der Waals surface area contributed by atoms with E-state index < -0.39 is 11.8 Å². The molecule has 1 amide bonds. The van der Waals surface area contributed by atoms with Gasteiger partial charge in [0.15, 0.2) is 0 Å². The molecule has 108 valence electrons. The summed E-state index contributed by atoms with van der Waals surface area (Å²) in [6.45, 7) is 0.554. The molecule has 0 saturated carbocycles. The minimum Gasteiger partial charge on any atom is -0.469 e. The highest BCUT2D eigenvalue weighted by atomic mass is 32.1. The number of methoxy groups -OCH3 is 1. The molecule has 1 aromatic rings. The van der Waals surface area contributed by atoms with Gasteiger partial charge in [0.1, 0.15) is 5.82 Å². The van der Waals surface area contributed by atoms with Crippen LogP contribution < -0.4 is 4.90 Å². The Kier molecular flexibility index (Phi) is 4.65. The first-order valence-electron chi connectivity index (χ1n) is 6.31. The van der Waals surface area contributed by atoms with Crippen LogP contribution in [0.15, 0.2) is 18.2 Å². The quantitative estimate of drug-likeness (QED) is 0.681. The SMILES string of the molecule is COC(=O)Cc1ccc(N2CC(CS)CC2=O)cc1F. The molecule has 1 saturated heterocycles. The van der Waals surface area contributed by atoms with Crippen molar-refractivity contribution < 1.29 is 18.7 Å². The smallest absolute Gasteiger partial charge is 0.310 e. The molecule has 1 fully saturated rings. The first-order valence-corrected chi connectivity index (χ1v) is 6.95. The Morgan fingerprint density at radius 3 is 2.85 bits per heavy atom. The lowest BCUT2D eigenvalue weighted by Gasteiger charge is -2.17. The number of rotatable bonds is 4. The topological polar surface area (TPSA) is 46.6 Å². The molecule has 1 aliphatic heterocycles. The van der Waals surface area contributed by atoms with Gasteiger partial charge in [0.25, 0.3) is 0 Å². The Bertz CT molecular complexity index is 535. The Hall–Kier alpha value is -1.56. The summed E-state index contributed by atoms with van der Waals surface area (Å²) in [7, 11) is 1.26. The summed E-state index contributed by atoms with van der Waals surface area (Å²) in [5.74, 6) is -0.197. The maximum Gasteiger partial charge on any atom is 0.310 e. The van der Waals surface area contributed by atoms with Crippen LogP contribution in [0.2, 0.25) is 0 Å². The highest BCUT2D eigenvalue weighted by Gasteiger charge is 2.30. The van der Waals surface area contributed by atoms with Crippen molar-refractivity contribution in [1.29, 1.82) is 0 Å². The Balaban J connectivity index is 2.17. The van der Waals surface area contributed by atoms with Crippen LogP contribution in [0.1, 0.15) is 12.0 Å². The lowest BCUT2D eigenvalue weighted by atomic mass is 10.1. The van der Waals surface area contributed by atoms with Gasteiger partial charge in [-0.15, -0.1) is 0 Å². The van der Waals surface area contributed by atoms with Gasteiger partial charge in [-0.1, -0.05) is 6.07 Å². The van der Waals surface area contributed by atoms with Crippen molar-refractivity contribution in [3.63, 3.8) is 0 Å². The van der Waals surface area contributed by atoms with Gasteiger partial charge in [-0.05, 0) is 29.4 Å². The summed E-state index contributed by atoms with van der Waals surface area (Å²) in [5.41, 5.74) is 0.781. The molecule has 6 heteroatoms. The van der Waals surface area contributed by atoms with Crippen molar-refractivity contribution in [3.05, 3.63) is 29.6 Å². The number of carbonyl (C=O) groups is 2. The van der Waals surface area contributed by atoms with Crippen LogP contribution in [0.3, 0.4) is 0 Å². The molecule has 0 bridgehead atoms. The van der Waals surface area contributed by atoms with E-state index in [0.29, 0.717) is 24.4 Å². The van der Waals surface area contributed by atoms with Crippen molar-refractivity contribution in [1.82, 2.24) is 0 Å². The monoisotopic (exact) mass is 297 g/mol. The van der Waals surface area contributed by atoms with Crippen LogP contribution in [0.5, 0.6) is 0 Å². The van der Waals surface area contributed by atoms with Crippen molar-refractivity contribution in [2.75, 3.05) is 24.3 Å². The van der Waals surface area contributed by atoms with E-state index in [1.54, 1.807) is 11.0 Å². The highest BCUT2D eigenvalue weighted by Crippen LogP contribution is 2.27. The third-order valence-electron chi connectivity index (χ3n) is 3.37. The van der Waals surface area contributed by atoms with E-state index in [1.807, 2.05) is 0 Å². The van der Waals surface area contributed by atoms with E-state index in [4.69, 9.17) is 0 Å². The number of esters is 1. The fourth-order valence-corrected chi connectivity index (χ4v) is 2.47. The molecule has 0 radical (unpaired) electrons. The number of nitrogens with zero attached hydrogens (tertiary/aromatic N) is 1. The van der Waals surface area contributed by atoms with Crippen molar-refractivity contribution in [2.24, 2.45) is 5.92 Å². The van der Waals surface area contributed by atoms with E-state index in [0.717, 1.165) is 0 Å². The van der Waals surface area contributed by atoms with Crippen molar-refractivity contribution >= 4 is 30.2 Å². The van der Waals surface area contributed by atoms with Gasteiger partial charge in [0, 0.05) is 18.7 Å². The fourth-order valence-electron chi connectivity index (χ4n) is 2.23. The number of thiol groups is 1. The van der Waals surface area contributed by atoms with Crippen LogP contribution in [0.25, 0.3) is 0 Å². The molecular formula is C14H16FNO3S. The summed E-state index contributed by atoms with van der Waals surface area (Å²) in [4.78, 5) is 24.6. The Morgan fingerprint density at radius 1 is 1.55 bits per heavy atom. The lowest BCUT2D eigenvalue weighted by Crippen LogP contribution is -2.24. The molecule has 4 nitrogen and oxygen atoms in total. The van der Waals surface area contributed by atoms with Gasteiger partial charge in [-0.25, -0.2) is 4.39 Å². The predicted octanol–water partition coefficient (Wildman–Crippen LogP) is 1.82. The molecule has 1 unspecified atom stereocenters. The van der Waals surface area contributed by atoms with Gasteiger partial charge in [-0.3, -0.25) is 9.59 Å². The minimum atomic E-state index is -0.505. The molecule has 0 N–H and O–H groups in total. The van der Waals surface area contributed by atoms with Gasteiger partial charge < -0.3 is 9.64 Å². The van der Waals surface area contributed by atoms with E-state index >= 15 is 0 Å². The highest BCUT2D eigenvalue weighted by molar-refractivity contribution is 7.80. The molecule has 1 atom stereocenters. The molecule has 2 rings (SSSR count). The summed E-state index contributed by atoms with van der Waals surface area (Å²) >= 11 is 4.19. The van der Waals surface area contributed by atoms with Gasteiger partial charge >= 0.3 is 5.97 Å². The summed E-state index contributed by atoms with van der Waals surface area (Å²) < 4.78 is 18.5. The largest absolute Gasteiger partial charge is 0.469 e. The number of hydrogen-bond acceptors (Lipinski definition) is 4. The number of hydrogen-bond donors (Lipinski definition) is 1. The van der Waals surface area contributed by atoms with Gasteiger partial charge in [0.05, 0.1) is 13.5 Å². The van der Waals surface area contributed by atoms with Crippen LogP contribution in [-0.4, -0.2) is 31.3 Å². The minimum absolute atomic E-state index is 0.0239. The Morgan fingerprint density at radius 2 is 2.30 bits per heavy atom. The number of anilines is 1. The predicted molar refractivity (Wildman–Crippen MR) is 76.4 cm³/mol. The average molecular weight is 297 g/mol. The molecule has 1 aliphatic rings. The average Bonchev–Trinajstić information content (AvgIpc) is 2.82. The number of benzene rings is 1. The standard InChI is InChI=1S/C14H16FNO3S/c1-19-14(18)5-10-2-3-11(6-12(10)15)16-7-9(8-20)4-13(16)17/h2-3,6,9,20H,4-5,7-8H2,1H3. The second-order valence-corrected chi connectivity index (χ2v) is 5.15. The number of halogens is 1. The van der Waals surface area contributed by atoms with Crippen molar-refractivity contribution in [3.8, 4) is 0 Å².